The van der Waals surface area contributed by atoms with E-state index in [1.54, 1.807) is 30.7 Å². The Bertz CT molecular complexity index is 1370. The maximum absolute atomic E-state index is 14.0. The second-order valence-electron chi connectivity index (χ2n) is 8.69. The zero-order chi connectivity index (χ0) is 24.7. The number of rotatable bonds is 6. The number of hydrogen-bond donors (Lipinski definition) is 2. The molecule has 0 aliphatic carbocycles. The molecule has 4 aromatic rings. The molecule has 5 rings (SSSR count). The summed E-state index contributed by atoms with van der Waals surface area (Å²) in [5.74, 6) is -0.188. The van der Waals surface area contributed by atoms with E-state index in [-0.39, 0.29) is 27.7 Å². The lowest BCUT2D eigenvalue weighted by Crippen LogP contribution is -2.35. The van der Waals surface area contributed by atoms with Crippen LogP contribution in [0.25, 0.3) is 22.1 Å². The van der Waals surface area contributed by atoms with Gasteiger partial charge in [0.05, 0.1) is 22.8 Å². The topological polar surface area (TPSA) is 84.8 Å². The van der Waals surface area contributed by atoms with Crippen LogP contribution in [0, 0.1) is 5.82 Å². The molecule has 3 N–H and O–H groups in total. The fourth-order valence-electron chi connectivity index (χ4n) is 4.37. The summed E-state index contributed by atoms with van der Waals surface area (Å²) >= 11 is 14.1. The summed E-state index contributed by atoms with van der Waals surface area (Å²) in [6, 6.07) is 4.79. The van der Waals surface area contributed by atoms with Crippen LogP contribution in [0.5, 0.6) is 5.75 Å². The molecule has 1 aliphatic rings. The van der Waals surface area contributed by atoms with Crippen LogP contribution in [0.1, 0.15) is 36.3 Å². The highest BCUT2D eigenvalue weighted by molar-refractivity contribution is 7.10. The maximum atomic E-state index is 14.0. The first-order valence-corrected chi connectivity index (χ1v) is 12.9. The van der Waals surface area contributed by atoms with Crippen LogP contribution in [0.2, 0.25) is 10.0 Å². The molecule has 1 aliphatic heterocycles. The van der Waals surface area contributed by atoms with Crippen molar-refractivity contribution in [3.8, 4) is 16.9 Å². The Hall–Kier alpha value is -2.36. The molecule has 35 heavy (non-hydrogen) atoms. The van der Waals surface area contributed by atoms with E-state index < -0.39 is 11.9 Å². The number of nitrogens with two attached hydrogens (primary N) is 1. The van der Waals surface area contributed by atoms with Gasteiger partial charge in [0.15, 0.2) is 11.4 Å². The van der Waals surface area contributed by atoms with Gasteiger partial charge in [0.1, 0.15) is 11.9 Å². The van der Waals surface area contributed by atoms with Gasteiger partial charge in [0.25, 0.3) is 0 Å². The minimum absolute atomic E-state index is 0.0992. The zero-order valence-electron chi connectivity index (χ0n) is 18.9. The third kappa shape index (κ3) is 4.86. The maximum Gasteiger partial charge on any atom is 0.205 e. The van der Waals surface area contributed by atoms with Crippen LogP contribution >= 0.6 is 34.5 Å². The molecule has 1 fully saturated rings. The second kappa shape index (κ2) is 9.95. The number of aliphatic hydroxyl groups excluding tert-OH is 1. The van der Waals surface area contributed by atoms with Crippen LogP contribution < -0.4 is 10.5 Å². The molecule has 0 spiro atoms. The molecule has 3 aromatic heterocycles. The van der Waals surface area contributed by atoms with Crippen LogP contribution in [0.15, 0.2) is 40.5 Å². The van der Waals surface area contributed by atoms with E-state index in [0.717, 1.165) is 49.0 Å². The van der Waals surface area contributed by atoms with Crippen molar-refractivity contribution in [2.75, 3.05) is 18.8 Å². The molecule has 6 nitrogen and oxygen atoms in total. The molecule has 0 saturated carbocycles. The van der Waals surface area contributed by atoms with Crippen LogP contribution in [-0.4, -0.2) is 34.2 Å². The fraction of sp³-hybridized carbons (Fsp3) is 0.320. The summed E-state index contributed by atoms with van der Waals surface area (Å²) in [7, 11) is 0. The van der Waals surface area contributed by atoms with E-state index >= 15 is 0 Å². The van der Waals surface area contributed by atoms with Gasteiger partial charge in [-0.1, -0.05) is 23.2 Å². The molecule has 1 unspecified atom stereocenters. The third-order valence-corrected chi connectivity index (χ3v) is 7.92. The average Bonchev–Trinajstić information content (AvgIpc) is 3.47. The smallest absolute Gasteiger partial charge is 0.205 e. The number of nitrogens with zero attached hydrogens (tertiary/aromatic N) is 2. The lowest BCUT2D eigenvalue weighted by atomic mass is 10.1. The number of aromatic nitrogens is 1. The third-order valence-electron chi connectivity index (χ3n) is 6.28. The standard InChI is InChI=1S/C25H24Cl2FN3O3S/c1-13(21-19(26)2-3-20(28)22(21)27)34-24-23-17(9-30-25(24)29)18(11-33-23)14-8-16(35-12-14)10-31-6-4-15(32)5-7-31/h2-3,8-9,11-13,15,32H,4-7,10H2,1H3,(H2,29,30). The summed E-state index contributed by atoms with van der Waals surface area (Å²) in [6.07, 6.45) is 4.05. The molecular formula is C25H24Cl2FN3O3S. The number of thiophene rings is 1. The number of hydrogen-bond acceptors (Lipinski definition) is 7. The Morgan fingerprint density at radius 3 is 2.89 bits per heavy atom. The number of ether oxygens (including phenoxy) is 1. The van der Waals surface area contributed by atoms with Gasteiger partial charge in [-0.2, -0.15) is 0 Å². The molecular weight excluding hydrogens is 512 g/mol. The first-order valence-electron chi connectivity index (χ1n) is 11.3. The largest absolute Gasteiger partial charge is 0.478 e. The quantitative estimate of drug-likeness (QED) is 0.268. The molecule has 4 heterocycles. The van der Waals surface area contributed by atoms with E-state index in [4.69, 9.17) is 38.1 Å². The van der Waals surface area contributed by atoms with Gasteiger partial charge in [0.2, 0.25) is 5.75 Å². The summed E-state index contributed by atoms with van der Waals surface area (Å²) in [6.45, 7) is 4.34. The lowest BCUT2D eigenvalue weighted by molar-refractivity contribution is 0.0797. The number of likely N-dealkylation sites (tertiary alicyclic amines) is 1. The number of halogens is 3. The van der Waals surface area contributed by atoms with Gasteiger partial charge in [-0.3, -0.25) is 4.90 Å². The summed E-state index contributed by atoms with van der Waals surface area (Å²) in [5.41, 5.74) is 8.79. The highest BCUT2D eigenvalue weighted by Crippen LogP contribution is 2.42. The fourth-order valence-corrected chi connectivity index (χ4v) is 5.97. The summed E-state index contributed by atoms with van der Waals surface area (Å²) in [4.78, 5) is 7.89. The van der Waals surface area contributed by atoms with Crippen molar-refractivity contribution in [3.63, 3.8) is 0 Å². The monoisotopic (exact) mass is 535 g/mol. The molecule has 1 aromatic carbocycles. The van der Waals surface area contributed by atoms with Crippen molar-refractivity contribution < 1.29 is 18.7 Å². The number of pyridine rings is 1. The predicted molar refractivity (Wildman–Crippen MR) is 138 cm³/mol. The van der Waals surface area contributed by atoms with Gasteiger partial charge in [-0.15, -0.1) is 11.3 Å². The average molecular weight is 536 g/mol. The molecule has 1 saturated heterocycles. The second-order valence-corrected chi connectivity index (χ2v) is 10.5. The van der Waals surface area contributed by atoms with Gasteiger partial charge >= 0.3 is 0 Å². The van der Waals surface area contributed by atoms with Crippen LogP contribution in [-0.2, 0) is 6.54 Å². The van der Waals surface area contributed by atoms with E-state index in [2.05, 4.69) is 21.3 Å². The predicted octanol–water partition coefficient (Wildman–Crippen LogP) is 6.68. The van der Waals surface area contributed by atoms with Crippen molar-refractivity contribution in [1.82, 2.24) is 9.88 Å². The Morgan fingerprint density at radius 2 is 2.11 bits per heavy atom. The minimum Gasteiger partial charge on any atom is -0.478 e. The molecule has 0 radical (unpaired) electrons. The number of nitrogen functional groups attached to an aromatic ring is 1. The van der Waals surface area contributed by atoms with Gasteiger partial charge in [-0.25, -0.2) is 9.37 Å². The number of benzene rings is 1. The molecule has 184 valence electrons. The van der Waals surface area contributed by atoms with E-state index in [1.807, 2.05) is 0 Å². The first kappa shape index (κ1) is 24.3. The van der Waals surface area contributed by atoms with E-state index in [0.29, 0.717) is 11.1 Å². The Kier molecular flexibility index (Phi) is 6.92. The molecule has 0 bridgehead atoms. The van der Waals surface area contributed by atoms with Crippen molar-refractivity contribution in [2.45, 2.75) is 38.5 Å². The highest BCUT2D eigenvalue weighted by atomic mass is 35.5. The SMILES string of the molecule is CC(Oc1c(N)ncc2c(-c3csc(CN4CCC(O)CC4)c3)coc12)c1c(Cl)ccc(F)c1Cl. The number of fused-ring (bicyclic) bond motifs is 1. The van der Waals surface area contributed by atoms with Gasteiger partial charge in [-0.05, 0) is 48.9 Å². The number of aliphatic hydroxyl groups is 1. The van der Waals surface area contributed by atoms with Gasteiger partial charge < -0.3 is 20.0 Å². The summed E-state index contributed by atoms with van der Waals surface area (Å²) < 4.78 is 26.0. The zero-order valence-corrected chi connectivity index (χ0v) is 21.3. The van der Waals surface area contributed by atoms with Crippen molar-refractivity contribution in [3.05, 3.63) is 62.3 Å². The molecule has 1 atom stereocenters. The number of piperidine rings is 1. The minimum atomic E-state index is -0.704. The lowest BCUT2D eigenvalue weighted by Gasteiger charge is -2.28. The normalized spacial score (nSPS) is 16.1. The summed E-state index contributed by atoms with van der Waals surface area (Å²) in [5, 5.41) is 12.8. The molecule has 10 heteroatoms. The number of furan rings is 1. The number of anilines is 1. The van der Waals surface area contributed by atoms with Crippen LogP contribution in [0.3, 0.4) is 0 Å². The van der Waals surface area contributed by atoms with E-state index in [9.17, 15) is 9.50 Å². The van der Waals surface area contributed by atoms with Gasteiger partial charge in [0, 0.05) is 46.9 Å². The van der Waals surface area contributed by atoms with Crippen molar-refractivity contribution in [2.24, 2.45) is 0 Å². The Labute approximate surface area is 216 Å². The Morgan fingerprint density at radius 1 is 1.34 bits per heavy atom. The van der Waals surface area contributed by atoms with E-state index in [1.165, 1.54) is 17.0 Å². The Balaban J connectivity index is 1.42. The highest BCUT2D eigenvalue weighted by Gasteiger charge is 2.24. The van der Waals surface area contributed by atoms with Crippen LogP contribution in [0.4, 0.5) is 10.2 Å². The van der Waals surface area contributed by atoms with Crippen molar-refractivity contribution in [1.29, 1.82) is 0 Å². The first-order chi connectivity index (χ1) is 16.8. The molecule has 0 amide bonds. The van der Waals surface area contributed by atoms with Crippen molar-refractivity contribution >= 4 is 51.3 Å².